The maximum absolute atomic E-state index is 12.8. The van der Waals surface area contributed by atoms with E-state index in [0.29, 0.717) is 26.4 Å². The third-order valence-corrected chi connectivity index (χ3v) is 5.53. The number of rotatable bonds is 7. The number of aromatic nitrogens is 3. The highest BCUT2D eigenvalue weighted by Gasteiger charge is 2.51. The number of carbonyl (C=O) groups excluding carboxylic acids is 1. The predicted molar refractivity (Wildman–Crippen MR) is 92.0 cm³/mol. The number of hydrogen-bond donors (Lipinski definition) is 1. The van der Waals surface area contributed by atoms with E-state index < -0.39 is 0 Å². The molecule has 1 saturated heterocycles. The third-order valence-electron chi connectivity index (χ3n) is 4.90. The van der Waals surface area contributed by atoms with E-state index in [-0.39, 0.29) is 23.5 Å². The Kier molecular flexibility index (Phi) is 4.82. The summed E-state index contributed by atoms with van der Waals surface area (Å²) in [6, 6.07) is 1.76. The molecule has 1 aliphatic carbocycles. The molecular formula is C17H22N4O3S. The number of hydrogen-bond acceptors (Lipinski definition) is 6. The quantitative estimate of drug-likeness (QED) is 0.810. The van der Waals surface area contributed by atoms with Gasteiger partial charge in [-0.1, -0.05) is 0 Å². The molecule has 25 heavy (non-hydrogen) atoms. The number of thiazole rings is 1. The third kappa shape index (κ3) is 3.91. The fraction of sp³-hybridized carbons (Fsp3) is 0.588. The zero-order valence-electron chi connectivity index (χ0n) is 14.0. The molecule has 0 unspecified atom stereocenters. The first-order valence-corrected chi connectivity index (χ1v) is 9.54. The van der Waals surface area contributed by atoms with E-state index in [9.17, 15) is 4.79 Å². The Bertz CT molecular complexity index is 685. The Morgan fingerprint density at radius 1 is 1.52 bits per heavy atom. The molecule has 1 aliphatic heterocycles. The maximum atomic E-state index is 12.8. The van der Waals surface area contributed by atoms with Crippen LogP contribution in [0.25, 0.3) is 0 Å². The van der Waals surface area contributed by atoms with Crippen molar-refractivity contribution in [3.8, 4) is 0 Å². The van der Waals surface area contributed by atoms with Crippen LogP contribution in [0.2, 0.25) is 0 Å². The highest BCUT2D eigenvalue weighted by atomic mass is 32.1. The highest BCUT2D eigenvalue weighted by Crippen LogP contribution is 2.47. The van der Waals surface area contributed by atoms with Crippen LogP contribution in [-0.2, 0) is 27.4 Å². The lowest BCUT2D eigenvalue weighted by atomic mass is 10.0. The molecule has 2 atom stereocenters. The Labute approximate surface area is 150 Å². The summed E-state index contributed by atoms with van der Waals surface area (Å²) >= 11 is 1.56. The predicted octanol–water partition coefficient (Wildman–Crippen LogP) is 1.61. The first kappa shape index (κ1) is 16.7. The van der Waals surface area contributed by atoms with Crippen molar-refractivity contribution < 1.29 is 14.3 Å². The largest absolute Gasteiger partial charge is 0.379 e. The van der Waals surface area contributed by atoms with Crippen molar-refractivity contribution in [2.75, 3.05) is 13.2 Å². The van der Waals surface area contributed by atoms with Crippen molar-refractivity contribution >= 4 is 17.2 Å². The highest BCUT2D eigenvalue weighted by molar-refractivity contribution is 7.07. The van der Waals surface area contributed by atoms with Crippen molar-refractivity contribution in [2.45, 2.75) is 44.6 Å². The van der Waals surface area contributed by atoms with E-state index in [0.717, 1.165) is 25.0 Å². The van der Waals surface area contributed by atoms with Gasteiger partial charge >= 0.3 is 0 Å². The van der Waals surface area contributed by atoms with E-state index in [2.05, 4.69) is 15.4 Å². The lowest BCUT2D eigenvalue weighted by Gasteiger charge is -2.33. The molecule has 1 N–H and O–H groups in total. The minimum absolute atomic E-state index is 0.0418. The molecule has 2 fully saturated rings. The molecule has 0 bridgehead atoms. The van der Waals surface area contributed by atoms with Crippen molar-refractivity contribution in [3.05, 3.63) is 35.0 Å². The van der Waals surface area contributed by atoms with Gasteiger partial charge in [-0.25, -0.2) is 4.98 Å². The van der Waals surface area contributed by atoms with Crippen LogP contribution < -0.4 is 5.32 Å². The van der Waals surface area contributed by atoms with Gasteiger partial charge in [0, 0.05) is 24.4 Å². The molecular weight excluding hydrogens is 340 g/mol. The van der Waals surface area contributed by atoms with Crippen LogP contribution in [0.1, 0.15) is 25.0 Å². The van der Waals surface area contributed by atoms with Crippen molar-refractivity contribution in [3.63, 3.8) is 0 Å². The first-order chi connectivity index (χ1) is 12.3. The summed E-state index contributed by atoms with van der Waals surface area (Å²) in [5.41, 5.74) is 2.40. The minimum Gasteiger partial charge on any atom is -0.379 e. The minimum atomic E-state index is -0.330. The molecule has 0 aromatic carbocycles. The van der Waals surface area contributed by atoms with E-state index in [1.807, 2.05) is 22.3 Å². The van der Waals surface area contributed by atoms with Gasteiger partial charge in [0.25, 0.3) is 0 Å². The van der Waals surface area contributed by atoms with Crippen LogP contribution in [0, 0.1) is 5.41 Å². The second kappa shape index (κ2) is 7.23. The molecule has 134 valence electrons. The average Bonchev–Trinajstić information content (AvgIpc) is 3.02. The van der Waals surface area contributed by atoms with Gasteiger partial charge in [-0.2, -0.15) is 5.10 Å². The fourth-order valence-electron chi connectivity index (χ4n) is 3.19. The zero-order chi connectivity index (χ0) is 17.1. The summed E-state index contributed by atoms with van der Waals surface area (Å²) in [5.74, 6) is 0.0840. The van der Waals surface area contributed by atoms with Crippen molar-refractivity contribution in [1.82, 2.24) is 20.1 Å². The number of ether oxygens (including phenoxy) is 2. The Morgan fingerprint density at radius 2 is 2.44 bits per heavy atom. The number of nitrogens with zero attached hydrogens (tertiary/aromatic N) is 3. The van der Waals surface area contributed by atoms with Gasteiger partial charge in [0.2, 0.25) is 5.91 Å². The van der Waals surface area contributed by atoms with Crippen LogP contribution >= 0.6 is 11.3 Å². The standard InChI is InChI=1S/C17H22N4O3S/c22-16(17(3-4-17)11-21-6-1-5-19-21)20-14-9-23-7-2-15(14)24-8-13-10-25-12-18-13/h1,5-6,10,12,14-15H,2-4,7-9,11H2,(H,20,22)/t14-,15+/m1/s1. The fourth-order valence-corrected chi connectivity index (χ4v) is 3.73. The molecule has 2 aliphatic rings. The molecule has 4 rings (SSSR count). The lowest BCUT2D eigenvalue weighted by molar-refractivity contribution is -0.132. The zero-order valence-corrected chi connectivity index (χ0v) is 14.8. The SMILES string of the molecule is O=C(N[C@@H]1COCC[C@@H]1OCc1cscn1)C1(Cn2cccn2)CC1. The van der Waals surface area contributed by atoms with Crippen LogP contribution in [0.15, 0.2) is 29.4 Å². The molecule has 3 heterocycles. The van der Waals surface area contributed by atoms with Crippen LogP contribution in [0.3, 0.4) is 0 Å². The molecule has 0 spiro atoms. The molecule has 0 radical (unpaired) electrons. The van der Waals surface area contributed by atoms with E-state index in [4.69, 9.17) is 9.47 Å². The van der Waals surface area contributed by atoms with Crippen LogP contribution in [0.4, 0.5) is 0 Å². The van der Waals surface area contributed by atoms with Crippen molar-refractivity contribution in [1.29, 1.82) is 0 Å². The second-order valence-corrected chi connectivity index (χ2v) is 7.48. The molecule has 2 aromatic rings. The Balaban J connectivity index is 1.35. The molecule has 8 heteroatoms. The van der Waals surface area contributed by atoms with Gasteiger partial charge in [0.1, 0.15) is 0 Å². The monoisotopic (exact) mass is 362 g/mol. The molecule has 1 amide bonds. The summed E-state index contributed by atoms with van der Waals surface area (Å²) < 4.78 is 13.4. The van der Waals surface area contributed by atoms with E-state index in [1.54, 1.807) is 23.0 Å². The van der Waals surface area contributed by atoms with Gasteiger partial charge in [-0.15, -0.1) is 11.3 Å². The lowest BCUT2D eigenvalue weighted by Crippen LogP contribution is -2.52. The van der Waals surface area contributed by atoms with Gasteiger partial charge in [-0.05, 0) is 25.3 Å². The smallest absolute Gasteiger partial charge is 0.228 e. The van der Waals surface area contributed by atoms with E-state index >= 15 is 0 Å². The first-order valence-electron chi connectivity index (χ1n) is 8.60. The summed E-state index contributed by atoms with van der Waals surface area (Å²) in [6.07, 6.45) is 6.18. The van der Waals surface area contributed by atoms with Crippen LogP contribution in [0.5, 0.6) is 0 Å². The molecule has 7 nitrogen and oxygen atoms in total. The van der Waals surface area contributed by atoms with Gasteiger partial charge in [-0.3, -0.25) is 9.48 Å². The van der Waals surface area contributed by atoms with Crippen LogP contribution in [-0.4, -0.2) is 46.0 Å². The average molecular weight is 362 g/mol. The molecule has 2 aromatic heterocycles. The number of nitrogens with one attached hydrogen (secondary N) is 1. The summed E-state index contributed by atoms with van der Waals surface area (Å²) in [7, 11) is 0. The van der Waals surface area contributed by atoms with Crippen molar-refractivity contribution in [2.24, 2.45) is 5.41 Å². The van der Waals surface area contributed by atoms with E-state index in [1.165, 1.54) is 0 Å². The number of amides is 1. The van der Waals surface area contributed by atoms with Gasteiger partial charge < -0.3 is 14.8 Å². The molecule has 1 saturated carbocycles. The topological polar surface area (TPSA) is 78.3 Å². The Morgan fingerprint density at radius 3 is 3.16 bits per heavy atom. The summed E-state index contributed by atoms with van der Waals surface area (Å²) in [5, 5.41) is 9.37. The maximum Gasteiger partial charge on any atom is 0.228 e. The van der Waals surface area contributed by atoms with Gasteiger partial charge in [0.05, 0.1) is 48.5 Å². The van der Waals surface area contributed by atoms with Gasteiger partial charge in [0.15, 0.2) is 0 Å². The second-order valence-electron chi connectivity index (χ2n) is 6.76. The summed E-state index contributed by atoms with van der Waals surface area (Å²) in [6.45, 7) is 2.25. The Hall–Kier alpha value is -1.77. The normalized spacial score (nSPS) is 24.8. The summed E-state index contributed by atoms with van der Waals surface area (Å²) in [4.78, 5) is 17.1. The number of carbonyl (C=O) groups is 1.